The molecule has 0 radical (unpaired) electrons. The number of nitrogens with zero attached hydrogens (tertiary/aromatic N) is 6. The minimum absolute atomic E-state index is 0.0624. The van der Waals surface area contributed by atoms with Gasteiger partial charge in [-0.25, -0.2) is 24.7 Å². The first-order valence-electron chi connectivity index (χ1n) is 10.7. The Labute approximate surface area is 193 Å². The van der Waals surface area contributed by atoms with Crippen LogP contribution in [0.4, 0.5) is 10.6 Å². The van der Waals surface area contributed by atoms with E-state index < -0.39 is 12.0 Å². The number of aromatic nitrogens is 5. The number of carboxylic acid groups (broad SMARTS) is 1. The molecule has 0 aromatic carbocycles. The molecule has 2 amide bonds. The second-order valence-corrected chi connectivity index (χ2v) is 8.02. The van der Waals surface area contributed by atoms with E-state index in [-0.39, 0.29) is 30.0 Å². The van der Waals surface area contributed by atoms with Crippen molar-refractivity contribution in [3.05, 3.63) is 48.4 Å². The minimum Gasteiger partial charge on any atom is -0.465 e. The molecule has 1 aliphatic rings. The summed E-state index contributed by atoms with van der Waals surface area (Å²) in [6, 6.07) is 3.35. The molecule has 1 saturated heterocycles. The molecular weight excluding hydrogens is 440 g/mol. The SMILES string of the molecule is Cc1cnc2ccc(-c3nc(C(=O)NCC4CCCN4C(=O)O)c(N)nc3-c3ncco3)cn12. The van der Waals surface area contributed by atoms with Gasteiger partial charge in [-0.1, -0.05) is 0 Å². The van der Waals surface area contributed by atoms with Crippen LogP contribution < -0.4 is 11.1 Å². The van der Waals surface area contributed by atoms with Crippen LogP contribution >= 0.6 is 0 Å². The average molecular weight is 462 g/mol. The molecule has 1 unspecified atom stereocenters. The summed E-state index contributed by atoms with van der Waals surface area (Å²) in [7, 11) is 0. The van der Waals surface area contributed by atoms with Crippen LogP contribution in [-0.2, 0) is 0 Å². The van der Waals surface area contributed by atoms with E-state index in [4.69, 9.17) is 10.2 Å². The molecule has 5 heterocycles. The van der Waals surface area contributed by atoms with Crippen LogP contribution in [0.25, 0.3) is 28.5 Å². The Morgan fingerprint density at radius 1 is 1.26 bits per heavy atom. The number of nitrogens with two attached hydrogens (primary N) is 1. The molecule has 0 spiro atoms. The summed E-state index contributed by atoms with van der Waals surface area (Å²) < 4.78 is 7.33. The Kier molecular flexibility index (Phi) is 5.32. The fraction of sp³-hybridized carbons (Fsp3) is 0.273. The maximum atomic E-state index is 13.0. The molecule has 12 heteroatoms. The van der Waals surface area contributed by atoms with Crippen LogP contribution in [0.3, 0.4) is 0 Å². The zero-order valence-corrected chi connectivity index (χ0v) is 18.3. The monoisotopic (exact) mass is 462 g/mol. The number of imidazole rings is 1. The van der Waals surface area contributed by atoms with Crippen molar-refractivity contribution >= 4 is 23.5 Å². The highest BCUT2D eigenvalue weighted by Gasteiger charge is 2.29. The lowest BCUT2D eigenvalue weighted by Crippen LogP contribution is -2.42. The van der Waals surface area contributed by atoms with E-state index in [2.05, 4.69) is 25.3 Å². The van der Waals surface area contributed by atoms with Crippen molar-refractivity contribution in [3.63, 3.8) is 0 Å². The largest absolute Gasteiger partial charge is 0.465 e. The van der Waals surface area contributed by atoms with Crippen LogP contribution in [0.1, 0.15) is 29.0 Å². The number of fused-ring (bicyclic) bond motifs is 1. The number of likely N-dealkylation sites (tertiary alicyclic amines) is 1. The summed E-state index contributed by atoms with van der Waals surface area (Å²) >= 11 is 0. The molecule has 0 bridgehead atoms. The van der Waals surface area contributed by atoms with Crippen LogP contribution in [0.2, 0.25) is 0 Å². The number of carbonyl (C=O) groups excluding carboxylic acids is 1. The molecule has 5 rings (SSSR count). The number of anilines is 1. The smallest absolute Gasteiger partial charge is 0.407 e. The van der Waals surface area contributed by atoms with Gasteiger partial charge in [0.15, 0.2) is 17.2 Å². The molecular formula is C22H22N8O4. The third-order valence-electron chi connectivity index (χ3n) is 5.86. The lowest BCUT2D eigenvalue weighted by Gasteiger charge is -2.21. The molecule has 1 fully saturated rings. The molecule has 34 heavy (non-hydrogen) atoms. The van der Waals surface area contributed by atoms with E-state index in [1.807, 2.05) is 29.7 Å². The summed E-state index contributed by atoms with van der Waals surface area (Å²) in [6.07, 6.45) is 6.92. The molecule has 4 aromatic rings. The number of amides is 2. The predicted octanol–water partition coefficient (Wildman–Crippen LogP) is 2.21. The van der Waals surface area contributed by atoms with E-state index in [0.29, 0.717) is 29.9 Å². The molecule has 0 saturated carbocycles. The lowest BCUT2D eigenvalue weighted by atomic mass is 10.1. The highest BCUT2D eigenvalue weighted by molar-refractivity contribution is 5.97. The second kappa shape index (κ2) is 8.46. The first kappa shape index (κ1) is 21.4. The van der Waals surface area contributed by atoms with E-state index in [9.17, 15) is 14.7 Å². The number of nitrogen functional groups attached to an aromatic ring is 1. The number of rotatable bonds is 5. The highest BCUT2D eigenvalue weighted by atomic mass is 16.4. The maximum Gasteiger partial charge on any atom is 0.407 e. The van der Waals surface area contributed by atoms with Gasteiger partial charge in [0.2, 0.25) is 5.89 Å². The molecule has 4 aromatic heterocycles. The summed E-state index contributed by atoms with van der Waals surface area (Å²) in [5.41, 5.74) is 9.06. The normalized spacial score (nSPS) is 15.7. The fourth-order valence-electron chi connectivity index (χ4n) is 4.14. The number of pyridine rings is 1. The summed E-state index contributed by atoms with van der Waals surface area (Å²) in [6.45, 7) is 2.53. The van der Waals surface area contributed by atoms with Gasteiger partial charge in [0, 0.05) is 36.7 Å². The Morgan fingerprint density at radius 3 is 2.88 bits per heavy atom. The minimum atomic E-state index is -1.00. The van der Waals surface area contributed by atoms with Gasteiger partial charge in [0.05, 0.1) is 12.2 Å². The van der Waals surface area contributed by atoms with Crippen molar-refractivity contribution in [2.24, 2.45) is 0 Å². The van der Waals surface area contributed by atoms with Crippen molar-refractivity contribution in [2.75, 3.05) is 18.8 Å². The van der Waals surface area contributed by atoms with Gasteiger partial charge >= 0.3 is 6.09 Å². The van der Waals surface area contributed by atoms with Crippen molar-refractivity contribution < 1.29 is 19.1 Å². The zero-order chi connectivity index (χ0) is 23.8. The van der Waals surface area contributed by atoms with Crippen molar-refractivity contribution in [2.45, 2.75) is 25.8 Å². The topological polar surface area (TPSA) is 165 Å². The first-order chi connectivity index (χ1) is 16.4. The van der Waals surface area contributed by atoms with Gasteiger partial charge in [-0.15, -0.1) is 0 Å². The van der Waals surface area contributed by atoms with E-state index in [0.717, 1.165) is 17.8 Å². The van der Waals surface area contributed by atoms with Crippen molar-refractivity contribution in [1.29, 1.82) is 0 Å². The summed E-state index contributed by atoms with van der Waals surface area (Å²) in [4.78, 5) is 43.1. The molecule has 1 aliphatic heterocycles. The number of nitrogens with one attached hydrogen (secondary N) is 1. The van der Waals surface area contributed by atoms with Gasteiger partial charge in [-0.2, -0.15) is 0 Å². The van der Waals surface area contributed by atoms with Gasteiger partial charge < -0.3 is 29.9 Å². The Bertz CT molecular complexity index is 1380. The number of hydrogen-bond donors (Lipinski definition) is 3. The summed E-state index contributed by atoms with van der Waals surface area (Å²) in [5, 5.41) is 12.1. The fourth-order valence-corrected chi connectivity index (χ4v) is 4.14. The molecule has 0 aliphatic carbocycles. The Hall–Kier alpha value is -4.48. The van der Waals surface area contributed by atoms with Gasteiger partial charge in [-0.05, 0) is 31.9 Å². The zero-order valence-electron chi connectivity index (χ0n) is 18.3. The maximum absolute atomic E-state index is 13.0. The highest BCUT2D eigenvalue weighted by Crippen LogP contribution is 2.30. The van der Waals surface area contributed by atoms with Gasteiger partial charge in [0.1, 0.15) is 17.6 Å². The van der Waals surface area contributed by atoms with Crippen molar-refractivity contribution in [3.8, 4) is 22.8 Å². The Balaban J connectivity index is 1.51. The average Bonchev–Trinajstić information content (AvgIpc) is 3.59. The van der Waals surface area contributed by atoms with Crippen LogP contribution in [0, 0.1) is 6.92 Å². The molecule has 12 nitrogen and oxygen atoms in total. The summed E-state index contributed by atoms with van der Waals surface area (Å²) in [5.74, 6) is -0.412. The van der Waals surface area contributed by atoms with Gasteiger partial charge in [-0.3, -0.25) is 4.79 Å². The van der Waals surface area contributed by atoms with Crippen molar-refractivity contribution in [1.82, 2.24) is 34.6 Å². The number of aryl methyl sites for hydroxylation is 1. The third-order valence-corrected chi connectivity index (χ3v) is 5.86. The predicted molar refractivity (Wildman–Crippen MR) is 121 cm³/mol. The number of carbonyl (C=O) groups is 2. The first-order valence-corrected chi connectivity index (χ1v) is 10.7. The van der Waals surface area contributed by atoms with Crippen LogP contribution in [0.15, 0.2) is 41.4 Å². The van der Waals surface area contributed by atoms with E-state index in [1.54, 1.807) is 6.20 Å². The van der Waals surface area contributed by atoms with Crippen LogP contribution in [-0.4, -0.2) is 65.5 Å². The van der Waals surface area contributed by atoms with Gasteiger partial charge in [0.25, 0.3) is 5.91 Å². The Morgan fingerprint density at radius 2 is 2.12 bits per heavy atom. The van der Waals surface area contributed by atoms with E-state index in [1.165, 1.54) is 17.4 Å². The molecule has 174 valence electrons. The third kappa shape index (κ3) is 3.78. The number of hydrogen-bond acceptors (Lipinski definition) is 8. The van der Waals surface area contributed by atoms with E-state index >= 15 is 0 Å². The molecule has 4 N–H and O–H groups in total. The molecule has 1 atom stereocenters. The standard InChI is InChI=1S/C22H22N8O4/c1-12-9-25-15-5-4-13(11-30(12)15)16-17(21-24-6-8-34-21)28-19(23)18(27-16)20(31)26-10-14-3-2-7-29(14)22(32)33/h4-6,8-9,11,14H,2-3,7,10H2,1H3,(H2,23,28)(H,26,31)(H,32,33). The van der Waals surface area contributed by atoms with Crippen LogP contribution in [0.5, 0.6) is 0 Å². The second-order valence-electron chi connectivity index (χ2n) is 8.02. The number of oxazole rings is 1. The quantitative estimate of drug-likeness (QED) is 0.403. The lowest BCUT2D eigenvalue weighted by molar-refractivity contribution is 0.0930.